The van der Waals surface area contributed by atoms with Crippen molar-refractivity contribution in [3.05, 3.63) is 66.1 Å². The van der Waals surface area contributed by atoms with Crippen molar-refractivity contribution in [2.75, 3.05) is 31.7 Å². The van der Waals surface area contributed by atoms with Crippen LogP contribution < -0.4 is 4.74 Å². The molecule has 2 heterocycles. The van der Waals surface area contributed by atoms with Gasteiger partial charge in [-0.15, -0.1) is 0 Å². The number of aromatic nitrogens is 2. The number of para-hydroxylation sites is 1. The van der Waals surface area contributed by atoms with Crippen molar-refractivity contribution in [3.63, 3.8) is 0 Å². The van der Waals surface area contributed by atoms with Gasteiger partial charge < -0.3 is 4.74 Å². The highest BCUT2D eigenvalue weighted by Gasteiger charge is 2.19. The Kier molecular flexibility index (Phi) is 5.45. The predicted molar refractivity (Wildman–Crippen MR) is 108 cm³/mol. The molecular weight excluding hydrogens is 361 g/mol. The van der Waals surface area contributed by atoms with E-state index in [0.29, 0.717) is 17.0 Å². The molecule has 0 radical (unpaired) electrons. The number of benzene rings is 2. The van der Waals surface area contributed by atoms with E-state index in [2.05, 4.69) is 4.90 Å². The van der Waals surface area contributed by atoms with Crippen LogP contribution in [-0.2, 0) is 6.54 Å². The molecule has 0 amide bonds. The Balaban J connectivity index is 1.74. The number of thioether (sulfide) groups is 1. The molecule has 2 aromatic carbocycles. The first kappa shape index (κ1) is 18.1. The van der Waals surface area contributed by atoms with Crippen LogP contribution in [0.3, 0.4) is 0 Å². The smallest absolute Gasteiger partial charge is 0.136 e. The van der Waals surface area contributed by atoms with E-state index in [1.807, 2.05) is 53.0 Å². The Hall–Kier alpha value is -2.31. The maximum atomic E-state index is 14.7. The molecule has 4 nitrogen and oxygen atoms in total. The largest absolute Gasteiger partial charge is 0.497 e. The van der Waals surface area contributed by atoms with Crippen LogP contribution in [0.4, 0.5) is 4.39 Å². The topological polar surface area (TPSA) is 30.3 Å². The normalized spacial score (nSPS) is 15.0. The summed E-state index contributed by atoms with van der Waals surface area (Å²) in [7, 11) is 1.54. The molecule has 0 atom stereocenters. The lowest BCUT2D eigenvalue weighted by atomic mass is 10.1. The van der Waals surface area contributed by atoms with E-state index in [-0.39, 0.29) is 5.82 Å². The number of rotatable bonds is 5. The van der Waals surface area contributed by atoms with Gasteiger partial charge in [-0.25, -0.2) is 9.07 Å². The second-order valence-corrected chi connectivity index (χ2v) is 7.74. The van der Waals surface area contributed by atoms with Gasteiger partial charge in [0.25, 0.3) is 0 Å². The van der Waals surface area contributed by atoms with Gasteiger partial charge in [-0.2, -0.15) is 16.9 Å². The predicted octanol–water partition coefficient (Wildman–Crippen LogP) is 4.24. The third-order valence-corrected chi connectivity index (χ3v) is 5.68. The summed E-state index contributed by atoms with van der Waals surface area (Å²) in [5, 5.41) is 4.74. The number of hydrogen-bond donors (Lipinski definition) is 0. The zero-order valence-electron chi connectivity index (χ0n) is 15.3. The van der Waals surface area contributed by atoms with Gasteiger partial charge in [0.1, 0.15) is 17.3 Å². The summed E-state index contributed by atoms with van der Waals surface area (Å²) in [4.78, 5) is 2.41. The molecule has 1 aromatic heterocycles. The van der Waals surface area contributed by atoms with Gasteiger partial charge in [0.2, 0.25) is 0 Å². The molecule has 6 heteroatoms. The maximum Gasteiger partial charge on any atom is 0.136 e. The highest BCUT2D eigenvalue weighted by Crippen LogP contribution is 2.30. The van der Waals surface area contributed by atoms with Crippen molar-refractivity contribution in [1.82, 2.24) is 14.7 Å². The summed E-state index contributed by atoms with van der Waals surface area (Å²) in [6, 6.07) is 14.9. The van der Waals surface area contributed by atoms with Gasteiger partial charge in [-0.05, 0) is 24.3 Å². The van der Waals surface area contributed by atoms with Crippen molar-refractivity contribution >= 4 is 11.8 Å². The molecule has 0 unspecified atom stereocenters. The van der Waals surface area contributed by atoms with E-state index < -0.39 is 0 Å². The number of ether oxygens (including phenoxy) is 1. The molecule has 3 aromatic rings. The van der Waals surface area contributed by atoms with Gasteiger partial charge in [0, 0.05) is 54.5 Å². The molecule has 1 aliphatic rings. The molecule has 1 aliphatic heterocycles. The lowest BCUT2D eigenvalue weighted by molar-refractivity contribution is 0.295. The lowest BCUT2D eigenvalue weighted by Crippen LogP contribution is -2.32. The number of methoxy groups -OCH3 is 1. The average Bonchev–Trinajstić information content (AvgIpc) is 3.13. The Bertz CT molecular complexity index is 907. The van der Waals surface area contributed by atoms with Crippen LogP contribution in [0.5, 0.6) is 5.75 Å². The first-order chi connectivity index (χ1) is 13.2. The zero-order valence-corrected chi connectivity index (χ0v) is 16.1. The van der Waals surface area contributed by atoms with E-state index in [1.165, 1.54) is 6.07 Å². The summed E-state index contributed by atoms with van der Waals surface area (Å²) in [5.74, 6) is 2.47. The SMILES string of the molecule is COc1ccc(-c2nn(-c3ccccc3)cc2CN2CCSCC2)c(F)c1. The Morgan fingerprint density at radius 1 is 1.11 bits per heavy atom. The number of nitrogens with zero attached hydrogens (tertiary/aromatic N) is 3. The van der Waals surface area contributed by atoms with E-state index in [1.54, 1.807) is 19.2 Å². The van der Waals surface area contributed by atoms with E-state index in [0.717, 1.165) is 42.4 Å². The third-order valence-electron chi connectivity index (χ3n) is 4.74. The molecule has 4 rings (SSSR count). The fraction of sp³-hybridized carbons (Fsp3) is 0.286. The summed E-state index contributed by atoms with van der Waals surface area (Å²) in [6.07, 6.45) is 2.02. The quantitative estimate of drug-likeness (QED) is 0.659. The molecular formula is C21H22FN3OS. The molecule has 27 heavy (non-hydrogen) atoms. The van der Waals surface area contributed by atoms with E-state index >= 15 is 0 Å². The van der Waals surface area contributed by atoms with E-state index in [9.17, 15) is 4.39 Å². The van der Waals surface area contributed by atoms with Gasteiger partial charge in [0.15, 0.2) is 0 Å². The zero-order chi connectivity index (χ0) is 18.6. The lowest BCUT2D eigenvalue weighted by Gasteiger charge is -2.25. The third kappa shape index (κ3) is 4.01. The number of halogens is 1. The summed E-state index contributed by atoms with van der Waals surface area (Å²) < 4.78 is 21.7. The fourth-order valence-corrected chi connectivity index (χ4v) is 4.26. The molecule has 0 spiro atoms. The molecule has 1 fully saturated rings. The van der Waals surface area contributed by atoms with Crippen LogP contribution in [0.2, 0.25) is 0 Å². The van der Waals surface area contributed by atoms with Crippen molar-refractivity contribution in [2.45, 2.75) is 6.54 Å². The Morgan fingerprint density at radius 2 is 1.89 bits per heavy atom. The summed E-state index contributed by atoms with van der Waals surface area (Å²) in [6.45, 7) is 2.87. The van der Waals surface area contributed by atoms with Crippen molar-refractivity contribution in [2.24, 2.45) is 0 Å². The van der Waals surface area contributed by atoms with Crippen molar-refractivity contribution in [1.29, 1.82) is 0 Å². The fourth-order valence-electron chi connectivity index (χ4n) is 3.28. The summed E-state index contributed by atoms with van der Waals surface area (Å²) >= 11 is 1.98. The molecule has 0 aliphatic carbocycles. The van der Waals surface area contributed by atoms with Gasteiger partial charge in [0.05, 0.1) is 12.8 Å². The Labute approximate surface area is 162 Å². The van der Waals surface area contributed by atoms with Crippen LogP contribution in [0.25, 0.3) is 16.9 Å². The first-order valence-electron chi connectivity index (χ1n) is 9.02. The molecule has 140 valence electrons. The minimum absolute atomic E-state index is 0.317. The van der Waals surface area contributed by atoms with Crippen molar-refractivity contribution < 1.29 is 9.13 Å². The minimum atomic E-state index is -0.317. The van der Waals surface area contributed by atoms with E-state index in [4.69, 9.17) is 9.84 Å². The van der Waals surface area contributed by atoms with Crippen LogP contribution >= 0.6 is 11.8 Å². The van der Waals surface area contributed by atoms with Crippen LogP contribution in [0, 0.1) is 5.82 Å². The summed E-state index contributed by atoms with van der Waals surface area (Å²) in [5.41, 5.74) is 3.20. The highest BCUT2D eigenvalue weighted by molar-refractivity contribution is 7.99. The average molecular weight is 383 g/mol. The van der Waals surface area contributed by atoms with Gasteiger partial charge in [-0.1, -0.05) is 18.2 Å². The monoisotopic (exact) mass is 383 g/mol. The molecule has 0 saturated carbocycles. The molecule has 1 saturated heterocycles. The van der Waals surface area contributed by atoms with Crippen LogP contribution in [0.1, 0.15) is 5.56 Å². The van der Waals surface area contributed by atoms with Crippen molar-refractivity contribution in [3.8, 4) is 22.7 Å². The standard InChI is InChI=1S/C21H22FN3OS/c1-26-18-7-8-19(20(22)13-18)21-16(14-24-9-11-27-12-10-24)15-25(23-21)17-5-3-2-4-6-17/h2-8,13,15H,9-12,14H2,1H3. The molecule has 0 N–H and O–H groups in total. The highest BCUT2D eigenvalue weighted by atomic mass is 32.2. The first-order valence-corrected chi connectivity index (χ1v) is 10.2. The second-order valence-electron chi connectivity index (χ2n) is 6.52. The van der Waals surface area contributed by atoms with Crippen LogP contribution in [0.15, 0.2) is 54.7 Å². The maximum absolute atomic E-state index is 14.7. The molecule has 0 bridgehead atoms. The van der Waals surface area contributed by atoms with Gasteiger partial charge >= 0.3 is 0 Å². The minimum Gasteiger partial charge on any atom is -0.497 e. The number of hydrogen-bond acceptors (Lipinski definition) is 4. The van der Waals surface area contributed by atoms with Gasteiger partial charge in [-0.3, -0.25) is 4.90 Å². The van der Waals surface area contributed by atoms with Crippen LogP contribution in [-0.4, -0.2) is 46.4 Å². The Morgan fingerprint density at radius 3 is 2.59 bits per heavy atom. The second kappa shape index (κ2) is 8.15.